The molecule has 1 aliphatic carbocycles. The van der Waals surface area contributed by atoms with E-state index >= 15 is 0 Å². The van der Waals surface area contributed by atoms with Crippen molar-refractivity contribution in [3.8, 4) is 0 Å². The predicted molar refractivity (Wildman–Crippen MR) is 90.6 cm³/mol. The van der Waals surface area contributed by atoms with Crippen molar-refractivity contribution in [1.29, 1.82) is 0 Å². The van der Waals surface area contributed by atoms with E-state index in [1.54, 1.807) is 6.20 Å². The van der Waals surface area contributed by atoms with Crippen molar-refractivity contribution >= 4 is 0 Å². The number of nitrogens with zero attached hydrogens (tertiary/aromatic N) is 4. The Labute approximate surface area is 142 Å². The van der Waals surface area contributed by atoms with Crippen LogP contribution in [0.25, 0.3) is 0 Å². The molecule has 0 radical (unpaired) electrons. The summed E-state index contributed by atoms with van der Waals surface area (Å²) < 4.78 is 5.56. The van der Waals surface area contributed by atoms with Crippen molar-refractivity contribution in [3.05, 3.63) is 41.7 Å². The van der Waals surface area contributed by atoms with Gasteiger partial charge in [0, 0.05) is 31.9 Å². The molecule has 3 heterocycles. The average Bonchev–Trinajstić information content (AvgIpc) is 3.13. The summed E-state index contributed by atoms with van der Waals surface area (Å²) in [4.78, 5) is 11.6. The summed E-state index contributed by atoms with van der Waals surface area (Å²) in [5.41, 5.74) is 1.15. The number of morpholine rings is 1. The van der Waals surface area contributed by atoms with Crippen LogP contribution in [-0.2, 0) is 16.7 Å². The second kappa shape index (κ2) is 6.99. The number of ether oxygens (including phenoxy) is 1. The number of hydrogen-bond donors (Lipinski definition) is 1. The first-order chi connectivity index (χ1) is 11.9. The summed E-state index contributed by atoms with van der Waals surface area (Å²) >= 11 is 0. The van der Waals surface area contributed by atoms with Gasteiger partial charge in [0.15, 0.2) is 5.82 Å². The Bertz CT molecular complexity index is 644. The molecule has 24 heavy (non-hydrogen) atoms. The molecule has 0 aromatic carbocycles. The lowest BCUT2D eigenvalue weighted by atomic mass is 9.79. The van der Waals surface area contributed by atoms with E-state index in [2.05, 4.69) is 26.1 Å². The summed E-state index contributed by atoms with van der Waals surface area (Å²) in [7, 11) is 0. The van der Waals surface area contributed by atoms with Crippen LogP contribution in [0.2, 0.25) is 0 Å². The topological polar surface area (TPSA) is 66.9 Å². The molecule has 1 saturated heterocycles. The van der Waals surface area contributed by atoms with Crippen molar-refractivity contribution < 1.29 is 4.74 Å². The Balaban J connectivity index is 1.59. The maximum Gasteiger partial charge on any atom is 0.170 e. The van der Waals surface area contributed by atoms with Crippen LogP contribution < -0.4 is 0 Å². The zero-order chi connectivity index (χ0) is 16.2. The number of aromatic nitrogens is 4. The Morgan fingerprint density at radius 3 is 2.75 bits per heavy atom. The molecule has 0 amide bonds. The van der Waals surface area contributed by atoms with E-state index in [0.29, 0.717) is 0 Å². The highest BCUT2D eigenvalue weighted by Gasteiger charge is 2.43. The molecule has 1 N–H and O–H groups in total. The average molecular weight is 327 g/mol. The second-order valence-corrected chi connectivity index (χ2v) is 6.84. The Kier molecular flexibility index (Phi) is 4.58. The molecular formula is C18H25N5O. The summed E-state index contributed by atoms with van der Waals surface area (Å²) in [5, 5.41) is 7.81. The minimum atomic E-state index is -0.00822. The van der Waals surface area contributed by atoms with Gasteiger partial charge in [0.05, 0.1) is 18.8 Å². The number of rotatable bonds is 4. The van der Waals surface area contributed by atoms with Crippen LogP contribution in [0.15, 0.2) is 24.5 Å². The van der Waals surface area contributed by atoms with Gasteiger partial charge in [-0.2, -0.15) is 5.10 Å². The van der Waals surface area contributed by atoms with E-state index in [4.69, 9.17) is 9.72 Å². The van der Waals surface area contributed by atoms with Crippen LogP contribution in [0.5, 0.6) is 0 Å². The maximum atomic E-state index is 5.56. The molecule has 2 aliphatic rings. The first kappa shape index (κ1) is 15.7. The molecule has 0 bridgehead atoms. The van der Waals surface area contributed by atoms with Gasteiger partial charge in [-0.1, -0.05) is 25.3 Å². The van der Waals surface area contributed by atoms with Gasteiger partial charge in [0.2, 0.25) is 0 Å². The molecule has 2 aromatic rings. The van der Waals surface area contributed by atoms with Gasteiger partial charge in [-0.15, -0.1) is 0 Å². The van der Waals surface area contributed by atoms with Crippen molar-refractivity contribution in [2.75, 3.05) is 26.3 Å². The van der Waals surface area contributed by atoms with E-state index in [9.17, 15) is 0 Å². The third-order valence-corrected chi connectivity index (χ3v) is 5.34. The van der Waals surface area contributed by atoms with E-state index in [1.165, 1.54) is 19.3 Å². The standard InChI is InChI=1S/C18H25N5O/c1-2-6-18(7-3-1,23-9-11-24-12-10-23)17-20-16(21-22-17)13-15-5-4-8-19-14-15/h4-5,8,14H,1-3,6-7,9-13H2,(H,20,21,22). The number of nitrogens with one attached hydrogen (secondary N) is 1. The molecule has 2 fully saturated rings. The van der Waals surface area contributed by atoms with Gasteiger partial charge in [0.1, 0.15) is 5.82 Å². The first-order valence-corrected chi connectivity index (χ1v) is 9.00. The smallest absolute Gasteiger partial charge is 0.170 e. The van der Waals surface area contributed by atoms with E-state index in [1.807, 2.05) is 12.3 Å². The van der Waals surface area contributed by atoms with E-state index < -0.39 is 0 Å². The Morgan fingerprint density at radius 2 is 2.00 bits per heavy atom. The number of hydrogen-bond acceptors (Lipinski definition) is 5. The molecular weight excluding hydrogens is 302 g/mol. The third-order valence-electron chi connectivity index (χ3n) is 5.34. The van der Waals surface area contributed by atoms with Gasteiger partial charge < -0.3 is 4.74 Å². The molecule has 1 aliphatic heterocycles. The minimum absolute atomic E-state index is 0.00822. The monoisotopic (exact) mass is 327 g/mol. The van der Waals surface area contributed by atoms with Gasteiger partial charge in [-0.3, -0.25) is 15.0 Å². The SMILES string of the molecule is c1cncc(Cc2nc(C3(N4CCOCC4)CCCCC3)n[nH]2)c1. The zero-order valence-corrected chi connectivity index (χ0v) is 14.1. The van der Waals surface area contributed by atoms with Crippen molar-refractivity contribution in [3.63, 3.8) is 0 Å². The lowest BCUT2D eigenvalue weighted by molar-refractivity contribution is -0.0440. The largest absolute Gasteiger partial charge is 0.379 e. The molecule has 6 heteroatoms. The fourth-order valence-electron chi connectivity index (χ4n) is 4.09. The van der Waals surface area contributed by atoms with E-state index in [-0.39, 0.29) is 5.54 Å². The molecule has 0 spiro atoms. The highest BCUT2D eigenvalue weighted by Crippen LogP contribution is 2.41. The number of H-pyrrole nitrogens is 1. The van der Waals surface area contributed by atoms with Gasteiger partial charge in [-0.05, 0) is 24.5 Å². The van der Waals surface area contributed by atoms with E-state index in [0.717, 1.165) is 62.8 Å². The normalized spacial score (nSPS) is 21.7. The second-order valence-electron chi connectivity index (χ2n) is 6.84. The fourth-order valence-corrected chi connectivity index (χ4v) is 4.09. The minimum Gasteiger partial charge on any atom is -0.379 e. The van der Waals surface area contributed by atoms with Crippen LogP contribution in [0.1, 0.15) is 49.3 Å². The van der Waals surface area contributed by atoms with Crippen molar-refractivity contribution in [1.82, 2.24) is 25.1 Å². The molecule has 2 aromatic heterocycles. The Hall–Kier alpha value is -1.79. The highest BCUT2D eigenvalue weighted by atomic mass is 16.5. The fraction of sp³-hybridized carbons (Fsp3) is 0.611. The van der Waals surface area contributed by atoms with Crippen LogP contribution >= 0.6 is 0 Å². The van der Waals surface area contributed by atoms with Crippen LogP contribution in [0, 0.1) is 0 Å². The van der Waals surface area contributed by atoms with Gasteiger partial charge in [-0.25, -0.2) is 4.98 Å². The van der Waals surface area contributed by atoms with Crippen LogP contribution in [0.4, 0.5) is 0 Å². The predicted octanol–water partition coefficient (Wildman–Crippen LogP) is 2.28. The molecule has 128 valence electrons. The van der Waals surface area contributed by atoms with Crippen molar-refractivity contribution in [2.45, 2.75) is 44.1 Å². The van der Waals surface area contributed by atoms with Crippen LogP contribution in [-0.4, -0.2) is 51.4 Å². The number of aromatic amines is 1. The van der Waals surface area contributed by atoms with Gasteiger partial charge >= 0.3 is 0 Å². The Morgan fingerprint density at radius 1 is 1.17 bits per heavy atom. The maximum absolute atomic E-state index is 5.56. The highest BCUT2D eigenvalue weighted by molar-refractivity contribution is 5.16. The number of pyridine rings is 1. The molecule has 1 saturated carbocycles. The third kappa shape index (κ3) is 3.08. The molecule has 0 atom stereocenters. The summed E-state index contributed by atoms with van der Waals surface area (Å²) in [6, 6.07) is 4.04. The quantitative estimate of drug-likeness (QED) is 0.933. The first-order valence-electron chi connectivity index (χ1n) is 9.00. The lowest BCUT2D eigenvalue weighted by Gasteiger charge is -2.46. The zero-order valence-electron chi connectivity index (χ0n) is 14.1. The molecule has 4 rings (SSSR count). The summed E-state index contributed by atoms with van der Waals surface area (Å²) in [6.45, 7) is 3.59. The molecule has 0 unspecified atom stereocenters. The van der Waals surface area contributed by atoms with Crippen molar-refractivity contribution in [2.24, 2.45) is 0 Å². The van der Waals surface area contributed by atoms with Gasteiger partial charge in [0.25, 0.3) is 0 Å². The summed E-state index contributed by atoms with van der Waals surface area (Å²) in [5.74, 6) is 1.90. The lowest BCUT2D eigenvalue weighted by Crippen LogP contribution is -2.53. The molecule has 6 nitrogen and oxygen atoms in total. The van der Waals surface area contributed by atoms with Crippen LogP contribution in [0.3, 0.4) is 0 Å². The summed E-state index contributed by atoms with van der Waals surface area (Å²) in [6.07, 6.45) is 10.6.